The van der Waals surface area contributed by atoms with Gasteiger partial charge in [0.2, 0.25) is 10.0 Å². The van der Waals surface area contributed by atoms with E-state index in [0.717, 1.165) is 13.0 Å². The van der Waals surface area contributed by atoms with E-state index in [-0.39, 0.29) is 22.9 Å². The number of benzene rings is 2. The van der Waals surface area contributed by atoms with Crippen LogP contribution in [0.2, 0.25) is 0 Å². The second-order valence-electron chi connectivity index (χ2n) is 6.97. The molecule has 0 saturated carbocycles. The number of nitrogens with one attached hydrogen (secondary N) is 3. The van der Waals surface area contributed by atoms with Crippen molar-refractivity contribution in [3.63, 3.8) is 0 Å². The first-order chi connectivity index (χ1) is 12.9. The molecule has 0 bridgehead atoms. The van der Waals surface area contributed by atoms with Crippen LogP contribution < -0.4 is 15.4 Å². The van der Waals surface area contributed by atoms with Crippen LogP contribution in [0.5, 0.6) is 0 Å². The van der Waals surface area contributed by atoms with Crippen molar-refractivity contribution in [3.05, 3.63) is 65.2 Å². The van der Waals surface area contributed by atoms with Gasteiger partial charge in [0.25, 0.3) is 5.91 Å². The van der Waals surface area contributed by atoms with Crippen LogP contribution in [0, 0.1) is 0 Å². The van der Waals surface area contributed by atoms with Crippen LogP contribution >= 0.6 is 0 Å². The Morgan fingerprint density at radius 2 is 1.85 bits per heavy atom. The molecule has 0 spiro atoms. The van der Waals surface area contributed by atoms with Crippen molar-refractivity contribution in [3.8, 4) is 0 Å². The average molecular weight is 388 g/mol. The molecule has 1 aliphatic rings. The van der Waals surface area contributed by atoms with Crippen LogP contribution in [0.3, 0.4) is 0 Å². The maximum Gasteiger partial charge on any atom is 0.251 e. The molecule has 1 atom stereocenters. The largest absolute Gasteiger partial charge is 0.350 e. The third-order valence-electron chi connectivity index (χ3n) is 4.50. The van der Waals surface area contributed by atoms with E-state index < -0.39 is 10.0 Å². The zero-order valence-electron chi connectivity index (χ0n) is 15.5. The van der Waals surface area contributed by atoms with Gasteiger partial charge in [0.15, 0.2) is 0 Å². The molecule has 3 N–H and O–H groups in total. The number of rotatable bonds is 6. The Hall–Kier alpha value is -2.22. The Balaban J connectivity index is 1.64. The first kappa shape index (κ1) is 19.5. The lowest BCUT2D eigenvalue weighted by Crippen LogP contribution is -2.38. The van der Waals surface area contributed by atoms with E-state index in [1.807, 2.05) is 12.1 Å². The molecule has 3 rings (SSSR count). The maximum atomic E-state index is 12.4. The lowest BCUT2D eigenvalue weighted by atomic mass is 9.94. The second kappa shape index (κ2) is 8.21. The summed E-state index contributed by atoms with van der Waals surface area (Å²) in [5.41, 5.74) is 2.95. The normalized spacial score (nSPS) is 16.8. The molecule has 144 valence electrons. The molecule has 2 aromatic rings. The minimum atomic E-state index is -3.56. The molecule has 0 fully saturated rings. The molecule has 0 aliphatic carbocycles. The number of fused-ring (bicyclic) bond motifs is 1. The van der Waals surface area contributed by atoms with E-state index in [9.17, 15) is 13.2 Å². The summed E-state index contributed by atoms with van der Waals surface area (Å²) in [6.45, 7) is 4.88. The van der Waals surface area contributed by atoms with Crippen LogP contribution in [-0.2, 0) is 16.4 Å². The van der Waals surface area contributed by atoms with E-state index >= 15 is 0 Å². The van der Waals surface area contributed by atoms with Crippen LogP contribution in [0.25, 0.3) is 0 Å². The Bertz CT molecular complexity index is 908. The van der Waals surface area contributed by atoms with Gasteiger partial charge in [0, 0.05) is 24.2 Å². The first-order valence-electron chi connectivity index (χ1n) is 9.08. The van der Waals surface area contributed by atoms with Crippen LogP contribution in [0.15, 0.2) is 53.4 Å². The molecule has 0 saturated heterocycles. The summed E-state index contributed by atoms with van der Waals surface area (Å²) in [5.74, 6) is -0.222. The predicted octanol–water partition coefficient (Wildman–Crippen LogP) is 1.99. The van der Waals surface area contributed by atoms with Gasteiger partial charge in [-0.3, -0.25) is 4.79 Å². The van der Waals surface area contributed by atoms with Gasteiger partial charge in [-0.25, -0.2) is 13.1 Å². The van der Waals surface area contributed by atoms with Gasteiger partial charge in [-0.2, -0.15) is 0 Å². The summed E-state index contributed by atoms with van der Waals surface area (Å²) in [6.07, 6.45) is 0.987. The topological polar surface area (TPSA) is 87.3 Å². The molecule has 6 nitrogen and oxygen atoms in total. The Labute approximate surface area is 160 Å². The standard InChI is InChI=1S/C20H25N3O3S/c1-14(2)23-27(25,26)17-9-7-16(8-10-17)20(24)22-13-19-18-6-4-3-5-15(18)11-12-21-19/h3-10,14,19,21,23H,11-13H2,1-2H3,(H,22,24). The van der Waals surface area contributed by atoms with Crippen LogP contribution in [-0.4, -0.2) is 33.5 Å². The highest BCUT2D eigenvalue weighted by molar-refractivity contribution is 7.89. The minimum Gasteiger partial charge on any atom is -0.350 e. The van der Waals surface area contributed by atoms with Gasteiger partial charge in [-0.15, -0.1) is 0 Å². The number of hydrogen-bond donors (Lipinski definition) is 3. The highest BCUT2D eigenvalue weighted by atomic mass is 32.2. The molecule has 0 aromatic heterocycles. The maximum absolute atomic E-state index is 12.4. The summed E-state index contributed by atoms with van der Waals surface area (Å²) in [5, 5.41) is 6.36. The van der Waals surface area contributed by atoms with E-state index in [0.29, 0.717) is 12.1 Å². The molecular formula is C20H25N3O3S. The number of carbonyl (C=O) groups is 1. The highest BCUT2D eigenvalue weighted by Crippen LogP contribution is 2.22. The zero-order valence-corrected chi connectivity index (χ0v) is 16.3. The first-order valence-corrected chi connectivity index (χ1v) is 10.6. The Kier molecular flexibility index (Phi) is 5.94. The fourth-order valence-corrected chi connectivity index (χ4v) is 4.49. The zero-order chi connectivity index (χ0) is 19.4. The minimum absolute atomic E-state index is 0.0776. The molecular weight excluding hydrogens is 362 g/mol. The molecule has 1 heterocycles. The van der Waals surface area contributed by atoms with Gasteiger partial charge in [0.05, 0.1) is 4.90 Å². The molecule has 1 unspecified atom stereocenters. The number of hydrogen-bond acceptors (Lipinski definition) is 4. The number of sulfonamides is 1. The summed E-state index contributed by atoms with van der Waals surface area (Å²) >= 11 is 0. The third kappa shape index (κ3) is 4.74. The van der Waals surface area contributed by atoms with Crippen molar-refractivity contribution in [2.24, 2.45) is 0 Å². The van der Waals surface area contributed by atoms with E-state index in [1.165, 1.54) is 35.4 Å². The average Bonchev–Trinajstić information content (AvgIpc) is 2.65. The van der Waals surface area contributed by atoms with Crippen molar-refractivity contribution < 1.29 is 13.2 Å². The molecule has 2 aromatic carbocycles. The van der Waals surface area contributed by atoms with Crippen molar-refractivity contribution in [2.45, 2.75) is 37.2 Å². The second-order valence-corrected chi connectivity index (χ2v) is 8.68. The lowest BCUT2D eigenvalue weighted by Gasteiger charge is -2.27. The summed E-state index contributed by atoms with van der Waals surface area (Å²) in [7, 11) is -3.56. The summed E-state index contributed by atoms with van der Waals surface area (Å²) < 4.78 is 26.8. The van der Waals surface area contributed by atoms with Gasteiger partial charge in [0.1, 0.15) is 0 Å². The quantitative estimate of drug-likeness (QED) is 0.707. The Morgan fingerprint density at radius 1 is 1.15 bits per heavy atom. The van der Waals surface area contributed by atoms with Crippen molar-refractivity contribution in [1.82, 2.24) is 15.4 Å². The summed E-state index contributed by atoms with van der Waals surface area (Å²) in [4.78, 5) is 12.6. The molecule has 27 heavy (non-hydrogen) atoms. The van der Waals surface area contributed by atoms with Gasteiger partial charge < -0.3 is 10.6 Å². The monoisotopic (exact) mass is 387 g/mol. The highest BCUT2D eigenvalue weighted by Gasteiger charge is 2.20. The van der Waals surface area contributed by atoms with Crippen molar-refractivity contribution >= 4 is 15.9 Å². The van der Waals surface area contributed by atoms with Crippen LogP contribution in [0.4, 0.5) is 0 Å². The van der Waals surface area contributed by atoms with Gasteiger partial charge in [-0.05, 0) is 62.2 Å². The molecule has 0 radical (unpaired) electrons. The lowest BCUT2D eigenvalue weighted by molar-refractivity contribution is 0.0949. The van der Waals surface area contributed by atoms with E-state index in [1.54, 1.807) is 13.8 Å². The molecule has 7 heteroatoms. The van der Waals surface area contributed by atoms with Crippen LogP contribution in [0.1, 0.15) is 41.4 Å². The molecule has 1 aliphatic heterocycles. The SMILES string of the molecule is CC(C)NS(=O)(=O)c1ccc(C(=O)NCC2NCCc3ccccc32)cc1. The van der Waals surface area contributed by atoms with Crippen molar-refractivity contribution in [2.75, 3.05) is 13.1 Å². The third-order valence-corrected chi connectivity index (χ3v) is 6.17. The summed E-state index contributed by atoms with van der Waals surface area (Å²) in [6, 6.07) is 14.1. The van der Waals surface area contributed by atoms with E-state index in [2.05, 4.69) is 27.5 Å². The fraction of sp³-hybridized carbons (Fsp3) is 0.350. The number of carbonyl (C=O) groups excluding carboxylic acids is 1. The predicted molar refractivity (Wildman–Crippen MR) is 105 cm³/mol. The molecule has 1 amide bonds. The number of amides is 1. The Morgan fingerprint density at radius 3 is 2.56 bits per heavy atom. The van der Waals surface area contributed by atoms with Gasteiger partial charge in [-0.1, -0.05) is 24.3 Å². The smallest absolute Gasteiger partial charge is 0.251 e. The van der Waals surface area contributed by atoms with E-state index in [4.69, 9.17) is 0 Å². The van der Waals surface area contributed by atoms with Crippen molar-refractivity contribution in [1.29, 1.82) is 0 Å². The van der Waals surface area contributed by atoms with Gasteiger partial charge >= 0.3 is 0 Å². The fourth-order valence-electron chi connectivity index (χ4n) is 3.24.